The van der Waals surface area contributed by atoms with Gasteiger partial charge in [0.05, 0.1) is 30.5 Å². The van der Waals surface area contributed by atoms with E-state index in [2.05, 4.69) is 28.1 Å². The van der Waals surface area contributed by atoms with E-state index in [9.17, 15) is 5.26 Å². The van der Waals surface area contributed by atoms with Crippen molar-refractivity contribution in [1.29, 1.82) is 5.26 Å². The van der Waals surface area contributed by atoms with Crippen LogP contribution in [0.5, 0.6) is 5.88 Å². The molecule has 0 radical (unpaired) electrons. The molecule has 0 aliphatic carbocycles. The highest BCUT2D eigenvalue weighted by Crippen LogP contribution is 2.35. The lowest BCUT2D eigenvalue weighted by atomic mass is 9.74. The van der Waals surface area contributed by atoms with Gasteiger partial charge in [0.1, 0.15) is 0 Å². The van der Waals surface area contributed by atoms with Crippen molar-refractivity contribution in [2.45, 2.75) is 18.3 Å². The fourth-order valence-electron chi connectivity index (χ4n) is 3.22. The third-order valence-corrected chi connectivity index (χ3v) is 5.48. The maximum atomic E-state index is 9.84. The van der Waals surface area contributed by atoms with Crippen LogP contribution in [0.4, 0.5) is 5.69 Å². The Bertz CT molecular complexity index is 791. The summed E-state index contributed by atoms with van der Waals surface area (Å²) < 4.78 is 5.09. The van der Waals surface area contributed by atoms with Crippen LogP contribution in [0, 0.1) is 11.3 Å². The molecule has 0 amide bonds. The van der Waals surface area contributed by atoms with Gasteiger partial charge in [-0.2, -0.15) is 5.26 Å². The standard InChI is InChI=1S/C20H22N4OS/c1-25-18-9-8-17(14-22-18)23-19(26-2)24-12-10-20(15-21,11-13-24)16-6-4-3-5-7-16/h3-9,14H,10-13H2,1-2H3. The van der Waals surface area contributed by atoms with Gasteiger partial charge in [0.25, 0.3) is 0 Å². The maximum Gasteiger partial charge on any atom is 0.213 e. The van der Waals surface area contributed by atoms with Gasteiger partial charge in [-0.15, -0.1) is 0 Å². The van der Waals surface area contributed by atoms with Gasteiger partial charge >= 0.3 is 0 Å². The van der Waals surface area contributed by atoms with Crippen LogP contribution in [0.2, 0.25) is 0 Å². The average molecular weight is 366 g/mol. The Hall–Kier alpha value is -2.52. The first kappa shape index (κ1) is 18.3. The van der Waals surface area contributed by atoms with Crippen molar-refractivity contribution in [3.8, 4) is 11.9 Å². The molecule has 0 bridgehead atoms. The van der Waals surface area contributed by atoms with E-state index in [1.807, 2.05) is 36.6 Å². The van der Waals surface area contributed by atoms with E-state index in [0.717, 1.165) is 42.3 Å². The number of nitrogens with zero attached hydrogens (tertiary/aromatic N) is 4. The van der Waals surface area contributed by atoms with Crippen molar-refractivity contribution in [3.05, 3.63) is 54.2 Å². The van der Waals surface area contributed by atoms with Gasteiger partial charge < -0.3 is 9.64 Å². The second-order valence-corrected chi connectivity index (χ2v) is 6.98. The molecule has 0 saturated carbocycles. The predicted octanol–water partition coefficient (Wildman–Crippen LogP) is 4.00. The van der Waals surface area contributed by atoms with Crippen LogP contribution in [0.1, 0.15) is 18.4 Å². The maximum absolute atomic E-state index is 9.84. The molecule has 1 aliphatic rings. The summed E-state index contributed by atoms with van der Waals surface area (Å²) in [5.74, 6) is 0.578. The number of aliphatic imine (C=N–C) groups is 1. The zero-order valence-electron chi connectivity index (χ0n) is 15.1. The van der Waals surface area contributed by atoms with E-state index in [1.165, 1.54) is 0 Å². The lowest BCUT2D eigenvalue weighted by molar-refractivity contribution is 0.273. The number of hydrogen-bond donors (Lipinski definition) is 0. The first-order valence-corrected chi connectivity index (χ1v) is 9.78. The summed E-state index contributed by atoms with van der Waals surface area (Å²) in [6.07, 6.45) is 5.34. The van der Waals surface area contributed by atoms with Crippen LogP contribution in [-0.4, -0.2) is 41.5 Å². The largest absolute Gasteiger partial charge is 0.481 e. The lowest BCUT2D eigenvalue weighted by Crippen LogP contribution is -2.43. The van der Waals surface area contributed by atoms with Crippen LogP contribution >= 0.6 is 11.8 Å². The van der Waals surface area contributed by atoms with E-state index in [-0.39, 0.29) is 0 Å². The van der Waals surface area contributed by atoms with E-state index < -0.39 is 5.41 Å². The molecule has 0 unspecified atom stereocenters. The molecule has 2 aromatic rings. The number of amidine groups is 1. The number of thioether (sulfide) groups is 1. The highest BCUT2D eigenvalue weighted by molar-refractivity contribution is 8.13. The highest BCUT2D eigenvalue weighted by atomic mass is 32.2. The van der Waals surface area contributed by atoms with Gasteiger partial charge in [-0.25, -0.2) is 9.98 Å². The van der Waals surface area contributed by atoms with Gasteiger partial charge in [0.15, 0.2) is 5.17 Å². The number of hydrogen-bond acceptors (Lipinski definition) is 5. The number of aromatic nitrogens is 1. The van der Waals surface area contributed by atoms with E-state index >= 15 is 0 Å². The molecule has 5 nitrogen and oxygen atoms in total. The van der Waals surface area contributed by atoms with E-state index in [1.54, 1.807) is 25.1 Å². The summed E-state index contributed by atoms with van der Waals surface area (Å²) >= 11 is 1.62. The number of benzene rings is 1. The topological polar surface area (TPSA) is 61.5 Å². The molecular formula is C20H22N4OS. The minimum atomic E-state index is -0.400. The van der Waals surface area contributed by atoms with Gasteiger partial charge in [-0.1, -0.05) is 42.1 Å². The van der Waals surface area contributed by atoms with E-state index in [0.29, 0.717) is 5.88 Å². The zero-order chi connectivity index (χ0) is 18.4. The molecule has 1 aromatic heterocycles. The lowest BCUT2D eigenvalue weighted by Gasteiger charge is -2.38. The Morgan fingerprint density at radius 1 is 1.23 bits per heavy atom. The summed E-state index contributed by atoms with van der Waals surface area (Å²) in [6, 6.07) is 16.4. The van der Waals surface area contributed by atoms with Crippen molar-refractivity contribution < 1.29 is 4.74 Å². The third-order valence-electron chi connectivity index (χ3n) is 4.77. The van der Waals surface area contributed by atoms with Gasteiger partial charge in [0.2, 0.25) is 5.88 Å². The molecule has 6 heteroatoms. The van der Waals surface area contributed by atoms with Crippen LogP contribution in [0.15, 0.2) is 53.7 Å². The number of piperidine rings is 1. The fraction of sp³-hybridized carbons (Fsp3) is 0.350. The minimum Gasteiger partial charge on any atom is -0.481 e. The van der Waals surface area contributed by atoms with Crippen molar-refractivity contribution in [1.82, 2.24) is 9.88 Å². The molecule has 0 atom stereocenters. The summed E-state index contributed by atoms with van der Waals surface area (Å²) in [6.45, 7) is 1.62. The molecule has 1 saturated heterocycles. The summed E-state index contributed by atoms with van der Waals surface area (Å²) in [4.78, 5) is 11.2. The molecular weight excluding hydrogens is 344 g/mol. The smallest absolute Gasteiger partial charge is 0.213 e. The Morgan fingerprint density at radius 2 is 1.96 bits per heavy atom. The summed E-state index contributed by atoms with van der Waals surface area (Å²) in [5, 5.41) is 10.8. The Kier molecular flexibility index (Phi) is 5.79. The number of pyridine rings is 1. The second-order valence-electron chi connectivity index (χ2n) is 6.20. The molecule has 0 spiro atoms. The molecule has 1 aromatic carbocycles. The number of ether oxygens (including phenoxy) is 1. The van der Waals surface area contributed by atoms with Crippen molar-refractivity contribution in [3.63, 3.8) is 0 Å². The second kappa shape index (κ2) is 8.24. The Balaban J connectivity index is 1.74. The first-order valence-electron chi connectivity index (χ1n) is 8.55. The van der Waals surface area contributed by atoms with Crippen molar-refractivity contribution in [2.75, 3.05) is 26.5 Å². The number of rotatable bonds is 3. The number of nitriles is 1. The van der Waals surface area contributed by atoms with Crippen molar-refractivity contribution >= 4 is 22.6 Å². The van der Waals surface area contributed by atoms with Gasteiger partial charge in [0, 0.05) is 19.2 Å². The number of likely N-dealkylation sites (tertiary alicyclic amines) is 1. The first-order chi connectivity index (χ1) is 12.7. The van der Waals surface area contributed by atoms with Crippen LogP contribution < -0.4 is 4.74 Å². The van der Waals surface area contributed by atoms with Crippen molar-refractivity contribution in [2.24, 2.45) is 4.99 Å². The summed E-state index contributed by atoms with van der Waals surface area (Å²) in [7, 11) is 1.60. The quantitative estimate of drug-likeness (QED) is 0.607. The monoisotopic (exact) mass is 366 g/mol. The van der Waals surface area contributed by atoms with Gasteiger partial charge in [-0.05, 0) is 30.7 Å². The average Bonchev–Trinajstić information content (AvgIpc) is 2.73. The molecule has 3 rings (SSSR count). The molecule has 1 aliphatic heterocycles. The SMILES string of the molecule is COc1ccc(N=C(SC)N2CCC(C#N)(c3ccccc3)CC2)cn1. The van der Waals surface area contributed by atoms with Crippen LogP contribution in [-0.2, 0) is 5.41 Å². The minimum absolute atomic E-state index is 0.400. The predicted molar refractivity (Wildman–Crippen MR) is 106 cm³/mol. The highest BCUT2D eigenvalue weighted by Gasteiger charge is 2.37. The number of methoxy groups -OCH3 is 1. The van der Waals surface area contributed by atoms with Crippen LogP contribution in [0.25, 0.3) is 0 Å². The van der Waals surface area contributed by atoms with Gasteiger partial charge in [-0.3, -0.25) is 0 Å². The third kappa shape index (κ3) is 3.83. The molecule has 2 heterocycles. The molecule has 26 heavy (non-hydrogen) atoms. The molecule has 1 fully saturated rings. The summed E-state index contributed by atoms with van der Waals surface area (Å²) in [5.41, 5.74) is 1.52. The zero-order valence-corrected chi connectivity index (χ0v) is 15.9. The fourth-order valence-corrected chi connectivity index (χ4v) is 3.85. The van der Waals surface area contributed by atoms with E-state index in [4.69, 9.17) is 9.73 Å². The van der Waals surface area contributed by atoms with Crippen LogP contribution in [0.3, 0.4) is 0 Å². The normalized spacial score (nSPS) is 16.8. The Labute approximate surface area is 158 Å². The molecule has 134 valence electrons. The molecule has 0 N–H and O–H groups in total. The Morgan fingerprint density at radius 3 is 2.50 bits per heavy atom.